The molecule has 0 bridgehead atoms. The highest BCUT2D eigenvalue weighted by atomic mass is 35.5. The van der Waals surface area contributed by atoms with Crippen molar-refractivity contribution in [2.45, 2.75) is 13.3 Å². The van der Waals surface area contributed by atoms with Gasteiger partial charge in [0.05, 0.1) is 17.5 Å². The quantitative estimate of drug-likeness (QED) is 0.520. The lowest BCUT2D eigenvalue weighted by Gasteiger charge is -2.10. The molecule has 0 saturated heterocycles. The van der Waals surface area contributed by atoms with E-state index in [1.807, 2.05) is 0 Å². The Morgan fingerprint density at radius 2 is 1.65 bits per heavy atom. The van der Waals surface area contributed by atoms with Crippen molar-refractivity contribution in [2.24, 2.45) is 7.05 Å². The lowest BCUT2D eigenvalue weighted by Crippen LogP contribution is -2.11. The monoisotopic (exact) mass is 460 g/mol. The van der Waals surface area contributed by atoms with Gasteiger partial charge in [-0.25, -0.2) is 13.2 Å². The molecule has 0 spiro atoms. The Labute approximate surface area is 185 Å². The fourth-order valence-electron chi connectivity index (χ4n) is 3.54. The summed E-state index contributed by atoms with van der Waals surface area (Å²) in [5.41, 5.74) is 2.83. The fourth-order valence-corrected chi connectivity index (χ4v) is 4.23. The van der Waals surface area contributed by atoms with Crippen molar-refractivity contribution < 1.29 is 23.1 Å². The van der Waals surface area contributed by atoms with Crippen molar-refractivity contribution in [1.82, 2.24) is 4.57 Å². The van der Waals surface area contributed by atoms with Gasteiger partial charge in [0.1, 0.15) is 0 Å². The number of carbonyl (C=O) groups is 2. The third-order valence-electron chi connectivity index (χ3n) is 4.92. The van der Waals surface area contributed by atoms with Gasteiger partial charge in [0.15, 0.2) is 0 Å². The largest absolute Gasteiger partial charge is 0.478 e. The van der Waals surface area contributed by atoms with Crippen LogP contribution in [0, 0.1) is 6.92 Å². The van der Waals surface area contributed by atoms with Crippen LogP contribution >= 0.6 is 11.6 Å². The molecule has 9 heteroatoms. The summed E-state index contributed by atoms with van der Waals surface area (Å²) < 4.78 is 26.7. The molecule has 3 rings (SSSR count). The summed E-state index contributed by atoms with van der Waals surface area (Å²) in [5, 5.41) is 10.3. The van der Waals surface area contributed by atoms with E-state index in [9.17, 15) is 23.1 Å². The fraction of sp³-hybridized carbons (Fsp3) is 0.182. The minimum atomic E-state index is -3.39. The maximum absolute atomic E-state index is 13.1. The van der Waals surface area contributed by atoms with E-state index < -0.39 is 16.0 Å². The Morgan fingerprint density at radius 1 is 1.06 bits per heavy atom. The van der Waals surface area contributed by atoms with Crippen LogP contribution in [-0.2, 0) is 23.5 Å². The average Bonchev–Trinajstić information content (AvgIpc) is 2.92. The van der Waals surface area contributed by atoms with E-state index in [1.165, 1.54) is 0 Å². The Morgan fingerprint density at radius 3 is 2.16 bits per heavy atom. The van der Waals surface area contributed by atoms with E-state index in [0.717, 1.165) is 11.8 Å². The second-order valence-corrected chi connectivity index (χ2v) is 9.43. The molecule has 1 aromatic heterocycles. The smallest absolute Gasteiger partial charge is 0.337 e. The van der Waals surface area contributed by atoms with Crippen molar-refractivity contribution in [3.8, 4) is 0 Å². The Balaban J connectivity index is 2.01. The summed E-state index contributed by atoms with van der Waals surface area (Å²) in [5.74, 6) is -1.41. The number of aromatic carboxylic acids is 1. The number of anilines is 1. The van der Waals surface area contributed by atoms with Crippen LogP contribution in [0.2, 0.25) is 5.02 Å². The van der Waals surface area contributed by atoms with E-state index in [4.69, 9.17) is 11.6 Å². The lowest BCUT2D eigenvalue weighted by molar-refractivity contribution is 0.0695. The summed E-state index contributed by atoms with van der Waals surface area (Å²) in [4.78, 5) is 25.1. The maximum Gasteiger partial charge on any atom is 0.337 e. The predicted molar refractivity (Wildman–Crippen MR) is 120 cm³/mol. The average molecular weight is 461 g/mol. The molecule has 31 heavy (non-hydrogen) atoms. The first-order valence-corrected chi connectivity index (χ1v) is 11.5. The molecular weight excluding hydrogens is 440 g/mol. The van der Waals surface area contributed by atoms with Gasteiger partial charge < -0.3 is 9.67 Å². The highest BCUT2D eigenvalue weighted by Gasteiger charge is 2.27. The molecule has 0 atom stereocenters. The van der Waals surface area contributed by atoms with Crippen LogP contribution in [0.1, 0.15) is 43.2 Å². The summed E-state index contributed by atoms with van der Waals surface area (Å²) in [6, 6.07) is 13.1. The van der Waals surface area contributed by atoms with Gasteiger partial charge in [-0.2, -0.15) is 0 Å². The van der Waals surface area contributed by atoms with E-state index in [1.54, 1.807) is 67.1 Å². The van der Waals surface area contributed by atoms with Crippen molar-refractivity contribution in [1.29, 1.82) is 0 Å². The Bertz CT molecular complexity index is 1260. The van der Waals surface area contributed by atoms with Gasteiger partial charge >= 0.3 is 5.97 Å². The van der Waals surface area contributed by atoms with Gasteiger partial charge in [0.2, 0.25) is 15.8 Å². The van der Waals surface area contributed by atoms with Gasteiger partial charge in [-0.1, -0.05) is 23.7 Å². The number of halogens is 1. The van der Waals surface area contributed by atoms with Crippen LogP contribution in [0.25, 0.3) is 0 Å². The van der Waals surface area contributed by atoms with Crippen LogP contribution in [0.15, 0.2) is 48.5 Å². The Kier molecular flexibility index (Phi) is 6.24. The highest BCUT2D eigenvalue weighted by Crippen LogP contribution is 2.27. The minimum absolute atomic E-state index is 0.0816. The van der Waals surface area contributed by atoms with E-state index in [2.05, 4.69) is 4.72 Å². The van der Waals surface area contributed by atoms with Gasteiger partial charge in [0.25, 0.3) is 0 Å². The molecule has 1 heterocycles. The number of hydrogen-bond acceptors (Lipinski definition) is 4. The molecule has 162 valence electrons. The highest BCUT2D eigenvalue weighted by molar-refractivity contribution is 7.92. The molecular formula is C22H21ClN2O5S. The van der Waals surface area contributed by atoms with Crippen molar-refractivity contribution in [3.05, 3.63) is 87.2 Å². The zero-order valence-electron chi connectivity index (χ0n) is 17.1. The SMILES string of the molecule is Cc1c(C(=O)O)c(Cc2ccc(NS(C)(=O)=O)cc2)n(C)c1C(=O)c1ccc(Cl)cc1. The molecule has 2 N–H and O–H groups in total. The second-order valence-electron chi connectivity index (χ2n) is 7.24. The van der Waals surface area contributed by atoms with Crippen molar-refractivity contribution >= 4 is 39.1 Å². The molecule has 0 saturated carbocycles. The number of sulfonamides is 1. The number of carboxylic acid groups (broad SMARTS) is 1. The molecule has 0 radical (unpaired) electrons. The van der Waals surface area contributed by atoms with Crippen LogP contribution in [0.3, 0.4) is 0 Å². The van der Waals surface area contributed by atoms with Gasteiger partial charge in [-0.15, -0.1) is 0 Å². The number of carbonyl (C=O) groups excluding carboxylic acids is 1. The number of rotatable bonds is 7. The number of carboxylic acids is 1. The maximum atomic E-state index is 13.1. The van der Waals surface area contributed by atoms with Gasteiger partial charge in [-0.3, -0.25) is 9.52 Å². The molecule has 0 amide bonds. The summed E-state index contributed by atoms with van der Waals surface area (Å²) in [7, 11) is -1.73. The molecule has 0 aliphatic carbocycles. The first-order valence-electron chi connectivity index (χ1n) is 9.26. The van der Waals surface area contributed by atoms with Crippen LogP contribution in [0.4, 0.5) is 5.69 Å². The zero-order valence-corrected chi connectivity index (χ0v) is 18.7. The first kappa shape index (κ1) is 22.6. The predicted octanol–water partition coefficient (Wildman–Crippen LogP) is 3.88. The molecule has 0 unspecified atom stereocenters. The third-order valence-corrected chi connectivity index (χ3v) is 5.78. The topological polar surface area (TPSA) is 105 Å². The van der Waals surface area contributed by atoms with Crippen LogP contribution in [0.5, 0.6) is 0 Å². The van der Waals surface area contributed by atoms with Gasteiger partial charge in [0, 0.05) is 35.4 Å². The summed E-state index contributed by atoms with van der Waals surface area (Å²) in [6.07, 6.45) is 1.32. The van der Waals surface area contributed by atoms with E-state index in [0.29, 0.717) is 33.2 Å². The van der Waals surface area contributed by atoms with Crippen LogP contribution < -0.4 is 4.72 Å². The van der Waals surface area contributed by atoms with Crippen molar-refractivity contribution in [3.63, 3.8) is 0 Å². The third kappa shape index (κ3) is 4.98. The van der Waals surface area contributed by atoms with E-state index in [-0.39, 0.29) is 17.8 Å². The molecule has 0 fully saturated rings. The number of nitrogens with zero attached hydrogens (tertiary/aromatic N) is 1. The standard InChI is InChI=1S/C22H21ClN2O5S/c1-13-19(22(27)28)18(12-14-4-10-17(11-5-14)24-31(3,29)30)25(2)20(13)21(26)15-6-8-16(23)9-7-15/h4-11,24H,12H2,1-3H3,(H,27,28). The second kappa shape index (κ2) is 8.56. The number of aromatic nitrogens is 1. The summed E-state index contributed by atoms with van der Waals surface area (Å²) in [6.45, 7) is 1.62. The number of hydrogen-bond donors (Lipinski definition) is 2. The normalized spacial score (nSPS) is 11.4. The number of benzene rings is 2. The molecule has 3 aromatic rings. The lowest BCUT2D eigenvalue weighted by atomic mass is 10.0. The first-order chi connectivity index (χ1) is 14.5. The van der Waals surface area contributed by atoms with Crippen LogP contribution in [-0.4, -0.2) is 36.1 Å². The zero-order chi connectivity index (χ0) is 22.9. The number of nitrogens with one attached hydrogen (secondary N) is 1. The van der Waals surface area contributed by atoms with Crippen molar-refractivity contribution in [2.75, 3.05) is 11.0 Å². The molecule has 0 aliphatic rings. The minimum Gasteiger partial charge on any atom is -0.478 e. The molecule has 0 aliphatic heterocycles. The molecule has 7 nitrogen and oxygen atoms in total. The van der Waals surface area contributed by atoms with Gasteiger partial charge in [-0.05, 0) is 54.4 Å². The number of ketones is 1. The molecule has 2 aromatic carbocycles. The van der Waals surface area contributed by atoms with E-state index >= 15 is 0 Å². The Hall–Kier alpha value is -3.10. The summed E-state index contributed by atoms with van der Waals surface area (Å²) >= 11 is 5.90.